The van der Waals surface area contributed by atoms with Crippen LogP contribution in [0.2, 0.25) is 0 Å². The fraction of sp³-hybridized carbons (Fsp3) is 0.462. The van der Waals surface area contributed by atoms with E-state index in [9.17, 15) is 13.2 Å². The van der Waals surface area contributed by atoms with Gasteiger partial charge < -0.3 is 9.64 Å². The summed E-state index contributed by atoms with van der Waals surface area (Å²) in [6.45, 7) is 1.13. The lowest BCUT2D eigenvalue weighted by Crippen LogP contribution is -2.15. The average Bonchev–Trinajstić information content (AvgIpc) is 2.33. The second kappa shape index (κ2) is 6.43. The SMILES string of the molecule is CN(C)CCCOc1ccc(C#N)c(C(F)(F)F)c1. The van der Waals surface area contributed by atoms with E-state index in [0.717, 1.165) is 18.7 Å². The van der Waals surface area contributed by atoms with Crippen molar-refractivity contribution in [2.45, 2.75) is 12.6 Å². The van der Waals surface area contributed by atoms with Gasteiger partial charge in [0.1, 0.15) is 5.75 Å². The summed E-state index contributed by atoms with van der Waals surface area (Å²) in [5.74, 6) is 0.130. The maximum Gasteiger partial charge on any atom is 0.417 e. The summed E-state index contributed by atoms with van der Waals surface area (Å²) in [5, 5.41) is 8.65. The van der Waals surface area contributed by atoms with Crippen molar-refractivity contribution in [2.24, 2.45) is 0 Å². The lowest BCUT2D eigenvalue weighted by atomic mass is 10.1. The van der Waals surface area contributed by atoms with Crippen molar-refractivity contribution in [3.63, 3.8) is 0 Å². The Balaban J connectivity index is 2.74. The fourth-order valence-corrected chi connectivity index (χ4v) is 1.52. The van der Waals surface area contributed by atoms with Crippen molar-refractivity contribution in [2.75, 3.05) is 27.2 Å². The van der Waals surface area contributed by atoms with E-state index in [1.54, 1.807) is 0 Å². The Bertz CT molecular complexity index is 464. The number of halogens is 3. The van der Waals surface area contributed by atoms with E-state index in [2.05, 4.69) is 0 Å². The number of alkyl halides is 3. The highest BCUT2D eigenvalue weighted by molar-refractivity contribution is 5.44. The first-order valence-electron chi connectivity index (χ1n) is 5.73. The van der Waals surface area contributed by atoms with E-state index in [4.69, 9.17) is 10.00 Å². The highest BCUT2D eigenvalue weighted by atomic mass is 19.4. The Labute approximate surface area is 110 Å². The molecule has 0 bridgehead atoms. The van der Waals surface area contributed by atoms with Crippen molar-refractivity contribution < 1.29 is 17.9 Å². The molecule has 0 radical (unpaired) electrons. The standard InChI is InChI=1S/C13H15F3N2O/c1-18(2)6-3-7-19-11-5-4-10(9-17)12(8-11)13(14,15)16/h4-5,8H,3,6-7H2,1-2H3. The van der Waals surface area contributed by atoms with Crippen LogP contribution in [0, 0.1) is 11.3 Å². The number of hydrogen-bond donors (Lipinski definition) is 0. The van der Waals surface area contributed by atoms with Crippen molar-refractivity contribution in [3.8, 4) is 11.8 Å². The Morgan fingerprint density at radius 2 is 2.00 bits per heavy atom. The molecule has 0 aliphatic rings. The molecule has 0 amide bonds. The summed E-state index contributed by atoms with van der Waals surface area (Å²) in [5.41, 5.74) is -1.35. The molecule has 0 unspecified atom stereocenters. The smallest absolute Gasteiger partial charge is 0.417 e. The Hall–Kier alpha value is -1.74. The van der Waals surface area contributed by atoms with Gasteiger partial charge in [-0.05, 0) is 38.7 Å². The van der Waals surface area contributed by atoms with E-state index in [0.29, 0.717) is 13.0 Å². The highest BCUT2D eigenvalue weighted by Gasteiger charge is 2.34. The van der Waals surface area contributed by atoms with E-state index in [-0.39, 0.29) is 5.75 Å². The molecule has 0 heterocycles. The molecule has 1 aromatic carbocycles. The van der Waals surface area contributed by atoms with Crippen molar-refractivity contribution in [1.29, 1.82) is 5.26 Å². The summed E-state index contributed by atoms with van der Waals surface area (Å²) in [4.78, 5) is 1.96. The summed E-state index contributed by atoms with van der Waals surface area (Å²) in [7, 11) is 3.81. The monoisotopic (exact) mass is 272 g/mol. The van der Waals surface area contributed by atoms with Gasteiger partial charge in [-0.25, -0.2) is 0 Å². The van der Waals surface area contributed by atoms with E-state index in [1.165, 1.54) is 12.1 Å². The molecule has 0 aliphatic heterocycles. The van der Waals surface area contributed by atoms with Crippen LogP contribution in [0.25, 0.3) is 0 Å². The molecule has 1 aromatic rings. The molecule has 104 valence electrons. The number of nitriles is 1. The number of ether oxygens (including phenoxy) is 1. The van der Waals surface area contributed by atoms with E-state index in [1.807, 2.05) is 19.0 Å². The lowest BCUT2D eigenvalue weighted by molar-refractivity contribution is -0.137. The lowest BCUT2D eigenvalue weighted by Gasteiger charge is -2.13. The van der Waals surface area contributed by atoms with Gasteiger partial charge in [-0.3, -0.25) is 0 Å². The minimum Gasteiger partial charge on any atom is -0.494 e. The molecule has 3 nitrogen and oxygen atoms in total. The number of nitrogens with zero attached hydrogens (tertiary/aromatic N) is 2. The van der Waals surface area contributed by atoms with Crippen LogP contribution in [0.1, 0.15) is 17.5 Å². The van der Waals surface area contributed by atoms with Gasteiger partial charge in [0, 0.05) is 6.54 Å². The van der Waals surface area contributed by atoms with Crippen LogP contribution in [-0.2, 0) is 6.18 Å². The second-order valence-corrected chi connectivity index (χ2v) is 4.32. The number of hydrogen-bond acceptors (Lipinski definition) is 3. The summed E-state index contributed by atoms with van der Waals surface area (Å²) < 4.78 is 43.3. The summed E-state index contributed by atoms with van der Waals surface area (Å²) in [6, 6.07) is 4.91. The minimum atomic E-state index is -4.55. The molecule has 0 N–H and O–H groups in total. The Morgan fingerprint density at radius 1 is 1.32 bits per heavy atom. The van der Waals surface area contributed by atoms with Crippen LogP contribution >= 0.6 is 0 Å². The molecular weight excluding hydrogens is 257 g/mol. The predicted octanol–water partition coefficient (Wildman–Crippen LogP) is 2.91. The van der Waals surface area contributed by atoms with Gasteiger partial charge in [0.2, 0.25) is 0 Å². The Kier molecular flexibility index (Phi) is 5.19. The van der Waals surface area contributed by atoms with Gasteiger partial charge in [-0.15, -0.1) is 0 Å². The van der Waals surface area contributed by atoms with Crippen molar-refractivity contribution >= 4 is 0 Å². The van der Waals surface area contributed by atoms with Crippen LogP contribution in [0.3, 0.4) is 0 Å². The molecule has 0 atom stereocenters. The zero-order valence-electron chi connectivity index (χ0n) is 10.8. The fourth-order valence-electron chi connectivity index (χ4n) is 1.52. The molecule has 19 heavy (non-hydrogen) atoms. The molecular formula is C13H15F3N2O. The van der Waals surface area contributed by atoms with E-state index < -0.39 is 17.3 Å². The van der Waals surface area contributed by atoms with Crippen LogP contribution in [0.4, 0.5) is 13.2 Å². The number of benzene rings is 1. The normalized spacial score (nSPS) is 11.4. The van der Waals surface area contributed by atoms with Crippen LogP contribution in [-0.4, -0.2) is 32.1 Å². The van der Waals surface area contributed by atoms with Gasteiger partial charge in [-0.2, -0.15) is 18.4 Å². The Morgan fingerprint density at radius 3 is 2.53 bits per heavy atom. The van der Waals surface area contributed by atoms with Crippen molar-refractivity contribution in [3.05, 3.63) is 29.3 Å². The zero-order chi connectivity index (χ0) is 14.5. The number of rotatable bonds is 5. The zero-order valence-corrected chi connectivity index (χ0v) is 10.8. The van der Waals surface area contributed by atoms with Gasteiger partial charge in [-0.1, -0.05) is 0 Å². The third-order valence-corrected chi connectivity index (χ3v) is 2.44. The van der Waals surface area contributed by atoms with Crippen LogP contribution in [0.15, 0.2) is 18.2 Å². The van der Waals surface area contributed by atoms with Gasteiger partial charge in [0.15, 0.2) is 0 Å². The molecule has 0 aromatic heterocycles. The van der Waals surface area contributed by atoms with Crippen molar-refractivity contribution in [1.82, 2.24) is 4.90 Å². The molecule has 6 heteroatoms. The molecule has 1 rings (SSSR count). The molecule has 0 saturated heterocycles. The molecule has 0 aliphatic carbocycles. The maximum absolute atomic E-state index is 12.7. The summed E-state index contributed by atoms with van der Waals surface area (Å²) >= 11 is 0. The van der Waals surface area contributed by atoms with Gasteiger partial charge in [0.25, 0.3) is 0 Å². The van der Waals surface area contributed by atoms with Crippen LogP contribution < -0.4 is 4.74 Å². The quantitative estimate of drug-likeness (QED) is 0.773. The average molecular weight is 272 g/mol. The van der Waals surface area contributed by atoms with Gasteiger partial charge in [0.05, 0.1) is 23.8 Å². The molecule has 0 fully saturated rings. The summed E-state index contributed by atoms with van der Waals surface area (Å²) in [6.07, 6.45) is -3.83. The minimum absolute atomic E-state index is 0.130. The van der Waals surface area contributed by atoms with Crippen LogP contribution in [0.5, 0.6) is 5.75 Å². The largest absolute Gasteiger partial charge is 0.494 e. The van der Waals surface area contributed by atoms with Gasteiger partial charge >= 0.3 is 6.18 Å². The maximum atomic E-state index is 12.7. The first-order valence-corrected chi connectivity index (χ1v) is 5.73. The predicted molar refractivity (Wildman–Crippen MR) is 64.8 cm³/mol. The van der Waals surface area contributed by atoms with E-state index >= 15 is 0 Å². The third-order valence-electron chi connectivity index (χ3n) is 2.44. The highest BCUT2D eigenvalue weighted by Crippen LogP contribution is 2.34. The first-order chi connectivity index (χ1) is 8.84. The topological polar surface area (TPSA) is 36.3 Å². The first kappa shape index (κ1) is 15.3. The third kappa shape index (κ3) is 4.79. The molecule has 0 spiro atoms. The molecule has 0 saturated carbocycles. The second-order valence-electron chi connectivity index (χ2n) is 4.32.